The Bertz CT molecular complexity index is 243. The number of halogens is 2. The van der Waals surface area contributed by atoms with Crippen molar-refractivity contribution < 1.29 is 0 Å². The van der Waals surface area contributed by atoms with Crippen molar-refractivity contribution >= 4 is 31.9 Å². The minimum atomic E-state index is 0.414. The van der Waals surface area contributed by atoms with Gasteiger partial charge in [-0.1, -0.05) is 15.9 Å². The van der Waals surface area contributed by atoms with Gasteiger partial charge in [0.05, 0.1) is 6.20 Å². The van der Waals surface area contributed by atoms with Crippen LogP contribution in [0.15, 0.2) is 10.8 Å². The van der Waals surface area contributed by atoms with E-state index in [9.17, 15) is 0 Å². The Hall–Kier alpha value is 0.170. The van der Waals surface area contributed by atoms with Crippen molar-refractivity contribution in [3.8, 4) is 0 Å². The van der Waals surface area contributed by atoms with Crippen LogP contribution in [0.25, 0.3) is 0 Å². The molecule has 0 radical (unpaired) electrons. The summed E-state index contributed by atoms with van der Waals surface area (Å²) in [4.78, 5) is 0. The molecule has 1 aromatic heterocycles. The Labute approximate surface area is 83.2 Å². The van der Waals surface area contributed by atoms with Crippen LogP contribution in [0.1, 0.15) is 25.5 Å². The predicted molar refractivity (Wildman–Crippen MR) is 52.9 cm³/mol. The molecule has 11 heavy (non-hydrogen) atoms. The van der Waals surface area contributed by atoms with Gasteiger partial charge in [0.15, 0.2) is 0 Å². The van der Waals surface area contributed by atoms with Crippen molar-refractivity contribution in [2.45, 2.75) is 25.2 Å². The topological polar surface area (TPSA) is 17.8 Å². The zero-order valence-electron chi connectivity index (χ0n) is 6.51. The Morgan fingerprint density at radius 1 is 1.64 bits per heavy atom. The second-order valence-electron chi connectivity index (χ2n) is 2.63. The van der Waals surface area contributed by atoms with Gasteiger partial charge in [0.1, 0.15) is 4.60 Å². The average molecular weight is 282 g/mol. The molecule has 2 nitrogen and oxygen atoms in total. The van der Waals surface area contributed by atoms with Gasteiger partial charge in [0.2, 0.25) is 0 Å². The smallest absolute Gasteiger partial charge is 0.108 e. The molecule has 1 heterocycles. The number of hydrogen-bond acceptors (Lipinski definition) is 1. The molecule has 0 aliphatic carbocycles. The van der Waals surface area contributed by atoms with E-state index in [0.29, 0.717) is 6.04 Å². The Kier molecular flexibility index (Phi) is 3.13. The lowest BCUT2D eigenvalue weighted by molar-refractivity contribution is 0.521. The van der Waals surface area contributed by atoms with Crippen LogP contribution in [0, 0.1) is 0 Å². The fraction of sp³-hybridized carbons (Fsp3) is 0.571. The summed E-state index contributed by atoms with van der Waals surface area (Å²) in [5.74, 6) is 0. The molecule has 0 saturated heterocycles. The molecule has 0 aliphatic heterocycles. The first kappa shape index (κ1) is 9.26. The Morgan fingerprint density at radius 2 is 2.27 bits per heavy atom. The first-order valence-electron chi connectivity index (χ1n) is 3.44. The number of nitrogens with zero attached hydrogens (tertiary/aromatic N) is 2. The molecule has 4 heteroatoms. The first-order chi connectivity index (χ1) is 5.16. The third-order valence-corrected chi connectivity index (χ3v) is 2.91. The maximum atomic E-state index is 4.23. The molecule has 62 valence electrons. The highest BCUT2D eigenvalue weighted by Crippen LogP contribution is 2.21. The van der Waals surface area contributed by atoms with Gasteiger partial charge in [0, 0.05) is 16.9 Å². The van der Waals surface area contributed by atoms with Crippen molar-refractivity contribution in [3.05, 3.63) is 16.4 Å². The van der Waals surface area contributed by atoms with Gasteiger partial charge in [0.25, 0.3) is 0 Å². The SMILES string of the molecule is CC(C)n1ncc(CBr)c1Br. The van der Waals surface area contributed by atoms with Crippen molar-refractivity contribution in [3.63, 3.8) is 0 Å². The lowest BCUT2D eigenvalue weighted by atomic mass is 10.4. The summed E-state index contributed by atoms with van der Waals surface area (Å²) >= 11 is 6.87. The highest BCUT2D eigenvalue weighted by molar-refractivity contribution is 9.10. The third kappa shape index (κ3) is 1.85. The van der Waals surface area contributed by atoms with Crippen LogP contribution in [0.4, 0.5) is 0 Å². The second kappa shape index (κ2) is 3.72. The van der Waals surface area contributed by atoms with Crippen molar-refractivity contribution in [2.75, 3.05) is 0 Å². The average Bonchev–Trinajstić information content (AvgIpc) is 2.30. The van der Waals surface area contributed by atoms with Gasteiger partial charge < -0.3 is 0 Å². The largest absolute Gasteiger partial charge is 0.256 e. The van der Waals surface area contributed by atoms with Crippen LogP contribution in [0.2, 0.25) is 0 Å². The zero-order valence-corrected chi connectivity index (χ0v) is 9.68. The van der Waals surface area contributed by atoms with Gasteiger partial charge in [-0.3, -0.25) is 4.68 Å². The lowest BCUT2D eigenvalue weighted by Gasteiger charge is -2.06. The van der Waals surface area contributed by atoms with Crippen LogP contribution >= 0.6 is 31.9 Å². The lowest BCUT2D eigenvalue weighted by Crippen LogP contribution is -2.02. The van der Waals surface area contributed by atoms with E-state index in [0.717, 1.165) is 9.93 Å². The van der Waals surface area contributed by atoms with Gasteiger partial charge in [-0.25, -0.2) is 0 Å². The van der Waals surface area contributed by atoms with Gasteiger partial charge in [-0.15, -0.1) is 0 Å². The maximum Gasteiger partial charge on any atom is 0.108 e. The molecule has 0 bridgehead atoms. The fourth-order valence-electron chi connectivity index (χ4n) is 0.833. The van der Waals surface area contributed by atoms with Crippen LogP contribution in [-0.4, -0.2) is 9.78 Å². The molecule has 1 rings (SSSR count). The number of rotatable bonds is 2. The van der Waals surface area contributed by atoms with Gasteiger partial charge in [-0.2, -0.15) is 5.10 Å². The quantitative estimate of drug-likeness (QED) is 0.762. The van der Waals surface area contributed by atoms with Crippen LogP contribution in [0.5, 0.6) is 0 Å². The minimum absolute atomic E-state index is 0.414. The van der Waals surface area contributed by atoms with Crippen LogP contribution < -0.4 is 0 Å². The van der Waals surface area contributed by atoms with E-state index in [1.54, 1.807) is 0 Å². The molecule has 0 N–H and O–H groups in total. The molecule has 1 aromatic rings. The van der Waals surface area contributed by atoms with Crippen molar-refractivity contribution in [1.29, 1.82) is 0 Å². The second-order valence-corrected chi connectivity index (χ2v) is 3.94. The molecule has 0 fully saturated rings. The molecular weight excluding hydrogens is 272 g/mol. The highest BCUT2D eigenvalue weighted by Gasteiger charge is 2.08. The summed E-state index contributed by atoms with van der Waals surface area (Å²) < 4.78 is 3.03. The summed E-state index contributed by atoms with van der Waals surface area (Å²) in [6.45, 7) is 4.21. The molecule has 0 unspecified atom stereocenters. The molecule has 0 aliphatic rings. The van der Waals surface area contributed by atoms with Crippen LogP contribution in [0.3, 0.4) is 0 Å². The molecule has 0 saturated carbocycles. The van der Waals surface area contributed by atoms with Crippen LogP contribution in [-0.2, 0) is 5.33 Å². The summed E-state index contributed by atoms with van der Waals surface area (Å²) in [5.41, 5.74) is 1.19. The predicted octanol–water partition coefficient (Wildman–Crippen LogP) is 3.12. The summed E-state index contributed by atoms with van der Waals surface area (Å²) in [6.07, 6.45) is 1.87. The Morgan fingerprint density at radius 3 is 2.55 bits per heavy atom. The van der Waals surface area contributed by atoms with Gasteiger partial charge in [-0.05, 0) is 29.8 Å². The van der Waals surface area contributed by atoms with E-state index in [2.05, 4.69) is 50.8 Å². The zero-order chi connectivity index (χ0) is 8.43. The summed E-state index contributed by atoms with van der Waals surface area (Å²) in [6, 6.07) is 0.414. The van der Waals surface area contributed by atoms with Gasteiger partial charge >= 0.3 is 0 Å². The first-order valence-corrected chi connectivity index (χ1v) is 5.36. The normalized spacial score (nSPS) is 11.0. The monoisotopic (exact) mass is 280 g/mol. The highest BCUT2D eigenvalue weighted by atomic mass is 79.9. The number of aromatic nitrogens is 2. The number of alkyl halides is 1. The summed E-state index contributed by atoms with van der Waals surface area (Å²) in [7, 11) is 0. The van der Waals surface area contributed by atoms with E-state index in [1.807, 2.05) is 10.9 Å². The minimum Gasteiger partial charge on any atom is -0.256 e. The van der Waals surface area contributed by atoms with E-state index in [-0.39, 0.29) is 0 Å². The summed E-state index contributed by atoms with van der Waals surface area (Å²) in [5, 5.41) is 5.07. The molecule has 0 amide bonds. The molecular formula is C7H10Br2N2. The van der Waals surface area contributed by atoms with Crippen molar-refractivity contribution in [2.24, 2.45) is 0 Å². The van der Waals surface area contributed by atoms with E-state index < -0.39 is 0 Å². The molecule has 0 atom stereocenters. The molecule has 0 spiro atoms. The van der Waals surface area contributed by atoms with E-state index in [1.165, 1.54) is 5.56 Å². The third-order valence-electron chi connectivity index (χ3n) is 1.44. The standard InChI is InChI=1S/C7H10Br2N2/c1-5(2)11-7(9)6(3-8)4-10-11/h4-5H,3H2,1-2H3. The van der Waals surface area contributed by atoms with E-state index in [4.69, 9.17) is 0 Å². The Balaban J connectivity index is 3.00. The maximum absolute atomic E-state index is 4.23. The fourth-order valence-corrected chi connectivity index (χ4v) is 2.36. The van der Waals surface area contributed by atoms with Crippen molar-refractivity contribution in [1.82, 2.24) is 9.78 Å². The van der Waals surface area contributed by atoms with E-state index >= 15 is 0 Å². The number of hydrogen-bond donors (Lipinski definition) is 0. The molecule has 0 aromatic carbocycles.